The molecule has 3 rings (SSSR count). The molecule has 1 amide bonds. The summed E-state index contributed by atoms with van der Waals surface area (Å²) in [5.41, 5.74) is 0.358. The van der Waals surface area contributed by atoms with Gasteiger partial charge in [0.1, 0.15) is 10.6 Å². The third-order valence-corrected chi connectivity index (χ3v) is 7.78. The zero-order valence-corrected chi connectivity index (χ0v) is 18.3. The fourth-order valence-electron chi connectivity index (χ4n) is 4.04. The molecular formula is C21H33N3O4S. The molecule has 29 heavy (non-hydrogen) atoms. The summed E-state index contributed by atoms with van der Waals surface area (Å²) in [7, 11) is -2.22. The van der Waals surface area contributed by atoms with Crippen LogP contribution in [0.4, 0.5) is 0 Å². The standard InChI is InChI=1S/C21H33N3O4S/c1-3-4-11-23-14-9-18(10-15-23)22-21(25)17-7-8-19(28-2)20(16-17)29(26,27)24-12-5-6-13-24/h7-8,16,18H,3-6,9-15H2,1-2H3,(H,22,25). The van der Waals surface area contributed by atoms with Gasteiger partial charge in [-0.05, 0) is 56.8 Å². The Labute approximate surface area is 174 Å². The van der Waals surface area contributed by atoms with Gasteiger partial charge in [0.25, 0.3) is 5.91 Å². The molecule has 2 fully saturated rings. The molecule has 162 valence electrons. The normalized spacial score (nSPS) is 19.4. The van der Waals surface area contributed by atoms with Crippen LogP contribution in [0.15, 0.2) is 23.1 Å². The van der Waals surface area contributed by atoms with Crippen LogP contribution in [-0.2, 0) is 10.0 Å². The highest BCUT2D eigenvalue weighted by molar-refractivity contribution is 7.89. The number of hydrogen-bond acceptors (Lipinski definition) is 5. The highest BCUT2D eigenvalue weighted by Gasteiger charge is 2.31. The first-order chi connectivity index (χ1) is 14.0. The van der Waals surface area contributed by atoms with Gasteiger partial charge in [0.2, 0.25) is 10.0 Å². The van der Waals surface area contributed by atoms with E-state index in [9.17, 15) is 13.2 Å². The number of sulfonamides is 1. The highest BCUT2D eigenvalue weighted by atomic mass is 32.2. The predicted octanol–water partition coefficient (Wildman–Crippen LogP) is 2.47. The lowest BCUT2D eigenvalue weighted by molar-refractivity contribution is 0.0910. The smallest absolute Gasteiger partial charge is 0.251 e. The van der Waals surface area contributed by atoms with Crippen molar-refractivity contribution in [3.05, 3.63) is 23.8 Å². The number of amides is 1. The summed E-state index contributed by atoms with van der Waals surface area (Å²) in [5, 5.41) is 3.08. The number of hydrogen-bond donors (Lipinski definition) is 1. The van der Waals surface area contributed by atoms with Gasteiger partial charge in [0.05, 0.1) is 7.11 Å². The van der Waals surface area contributed by atoms with E-state index in [1.807, 2.05) is 0 Å². The third-order valence-electron chi connectivity index (χ3n) is 5.86. The molecule has 2 heterocycles. The number of benzene rings is 1. The lowest BCUT2D eigenvalue weighted by Crippen LogP contribution is -2.44. The fourth-order valence-corrected chi connectivity index (χ4v) is 5.74. The topological polar surface area (TPSA) is 79.0 Å². The lowest BCUT2D eigenvalue weighted by atomic mass is 10.0. The molecule has 1 N–H and O–H groups in total. The van der Waals surface area contributed by atoms with Gasteiger partial charge in [-0.25, -0.2) is 8.42 Å². The summed E-state index contributed by atoms with van der Waals surface area (Å²) in [5.74, 6) is 0.0511. The fraction of sp³-hybridized carbons (Fsp3) is 0.667. The minimum absolute atomic E-state index is 0.0731. The molecule has 0 aliphatic carbocycles. The molecule has 7 nitrogen and oxygen atoms in total. The minimum Gasteiger partial charge on any atom is -0.495 e. The van der Waals surface area contributed by atoms with E-state index < -0.39 is 10.0 Å². The van der Waals surface area contributed by atoms with E-state index in [2.05, 4.69) is 17.1 Å². The number of carbonyl (C=O) groups excluding carboxylic acids is 1. The number of likely N-dealkylation sites (tertiary alicyclic amines) is 1. The molecule has 0 saturated carbocycles. The van der Waals surface area contributed by atoms with E-state index >= 15 is 0 Å². The van der Waals surface area contributed by atoms with Gasteiger partial charge in [0, 0.05) is 37.8 Å². The Morgan fingerprint density at radius 2 is 1.86 bits per heavy atom. The molecule has 0 spiro atoms. The first-order valence-corrected chi connectivity index (χ1v) is 12.1. The number of rotatable bonds is 8. The van der Waals surface area contributed by atoms with Crippen LogP contribution >= 0.6 is 0 Å². The van der Waals surface area contributed by atoms with E-state index in [4.69, 9.17) is 4.74 Å². The third kappa shape index (κ3) is 5.29. The van der Waals surface area contributed by atoms with Crippen molar-refractivity contribution in [2.24, 2.45) is 0 Å². The predicted molar refractivity (Wildman–Crippen MR) is 113 cm³/mol. The number of carbonyl (C=O) groups is 1. The first kappa shape index (κ1) is 22.1. The Morgan fingerprint density at radius 1 is 1.17 bits per heavy atom. The van der Waals surface area contributed by atoms with Gasteiger partial charge in [-0.3, -0.25) is 4.79 Å². The Kier molecular flexibility index (Phi) is 7.54. The summed E-state index contributed by atoms with van der Waals surface area (Å²) >= 11 is 0. The number of nitrogens with one attached hydrogen (secondary N) is 1. The number of piperidine rings is 1. The molecule has 2 aliphatic rings. The van der Waals surface area contributed by atoms with Crippen LogP contribution in [-0.4, -0.2) is 69.4 Å². The van der Waals surface area contributed by atoms with E-state index in [1.165, 1.54) is 30.3 Å². The summed E-state index contributed by atoms with van der Waals surface area (Å²) in [6.07, 6.45) is 5.96. The Morgan fingerprint density at radius 3 is 2.48 bits per heavy atom. The molecule has 8 heteroatoms. The zero-order chi connectivity index (χ0) is 20.9. The largest absolute Gasteiger partial charge is 0.495 e. The second-order valence-corrected chi connectivity index (χ2v) is 9.83. The van der Waals surface area contributed by atoms with Crippen LogP contribution in [0.2, 0.25) is 0 Å². The Hall–Kier alpha value is -1.64. The average Bonchev–Trinajstić information content (AvgIpc) is 3.28. The molecule has 1 aromatic carbocycles. The van der Waals surface area contributed by atoms with E-state index in [0.717, 1.165) is 45.3 Å². The summed E-state index contributed by atoms with van der Waals surface area (Å²) in [4.78, 5) is 15.3. The van der Waals surface area contributed by atoms with Gasteiger partial charge in [-0.15, -0.1) is 0 Å². The van der Waals surface area contributed by atoms with Gasteiger partial charge in [-0.1, -0.05) is 13.3 Å². The van der Waals surface area contributed by atoms with E-state index in [0.29, 0.717) is 18.7 Å². The maximum atomic E-state index is 13.0. The monoisotopic (exact) mass is 423 g/mol. The average molecular weight is 424 g/mol. The van der Waals surface area contributed by atoms with Crippen molar-refractivity contribution in [2.45, 2.75) is 56.4 Å². The van der Waals surface area contributed by atoms with Crippen LogP contribution in [0.1, 0.15) is 55.8 Å². The lowest BCUT2D eigenvalue weighted by Gasteiger charge is -2.32. The van der Waals surface area contributed by atoms with Crippen molar-refractivity contribution in [2.75, 3.05) is 39.8 Å². The number of methoxy groups -OCH3 is 1. The van der Waals surface area contributed by atoms with E-state index in [-0.39, 0.29) is 22.6 Å². The quantitative estimate of drug-likeness (QED) is 0.695. The maximum Gasteiger partial charge on any atom is 0.251 e. The highest BCUT2D eigenvalue weighted by Crippen LogP contribution is 2.30. The number of ether oxygens (including phenoxy) is 1. The van der Waals surface area contributed by atoms with Crippen LogP contribution in [0.25, 0.3) is 0 Å². The molecule has 0 radical (unpaired) electrons. The van der Waals surface area contributed by atoms with Crippen LogP contribution in [0.3, 0.4) is 0 Å². The Balaban J connectivity index is 1.68. The zero-order valence-electron chi connectivity index (χ0n) is 17.5. The molecule has 1 aromatic rings. The van der Waals surface area contributed by atoms with Crippen molar-refractivity contribution in [1.82, 2.24) is 14.5 Å². The van der Waals surface area contributed by atoms with Crippen LogP contribution in [0, 0.1) is 0 Å². The minimum atomic E-state index is -3.67. The second-order valence-electron chi connectivity index (χ2n) is 7.92. The summed E-state index contributed by atoms with van der Waals surface area (Å²) in [6.45, 7) is 6.31. The van der Waals surface area contributed by atoms with Crippen molar-refractivity contribution in [3.63, 3.8) is 0 Å². The van der Waals surface area contributed by atoms with Crippen LogP contribution < -0.4 is 10.1 Å². The van der Waals surface area contributed by atoms with Crippen molar-refractivity contribution in [3.8, 4) is 5.75 Å². The van der Waals surface area contributed by atoms with Gasteiger partial charge >= 0.3 is 0 Å². The maximum absolute atomic E-state index is 13.0. The molecule has 0 aromatic heterocycles. The van der Waals surface area contributed by atoms with Crippen molar-refractivity contribution < 1.29 is 17.9 Å². The molecular weight excluding hydrogens is 390 g/mol. The van der Waals surface area contributed by atoms with Crippen molar-refractivity contribution >= 4 is 15.9 Å². The van der Waals surface area contributed by atoms with E-state index in [1.54, 1.807) is 12.1 Å². The number of unbranched alkanes of at least 4 members (excludes halogenated alkanes) is 1. The Bertz CT molecular complexity index is 798. The second kappa shape index (κ2) is 9.91. The molecule has 0 unspecified atom stereocenters. The van der Waals surface area contributed by atoms with Crippen molar-refractivity contribution in [1.29, 1.82) is 0 Å². The SMILES string of the molecule is CCCCN1CCC(NC(=O)c2ccc(OC)c(S(=O)(=O)N3CCCC3)c2)CC1. The molecule has 2 saturated heterocycles. The molecule has 0 atom stereocenters. The van der Waals surface area contributed by atoms with Gasteiger partial charge < -0.3 is 15.0 Å². The first-order valence-electron chi connectivity index (χ1n) is 10.7. The van der Waals surface area contributed by atoms with Gasteiger partial charge in [-0.2, -0.15) is 4.31 Å². The van der Waals surface area contributed by atoms with Crippen LogP contribution in [0.5, 0.6) is 5.75 Å². The number of nitrogens with zero attached hydrogens (tertiary/aromatic N) is 2. The molecule has 0 bridgehead atoms. The summed E-state index contributed by atoms with van der Waals surface area (Å²) in [6, 6.07) is 4.79. The summed E-state index contributed by atoms with van der Waals surface area (Å²) < 4.78 is 32.8. The molecule has 2 aliphatic heterocycles. The van der Waals surface area contributed by atoms with Gasteiger partial charge in [0.15, 0.2) is 0 Å².